The highest BCUT2D eigenvalue weighted by Gasteiger charge is 2.31. The lowest BCUT2D eigenvalue weighted by Gasteiger charge is -2.36. The van der Waals surface area contributed by atoms with Crippen LogP contribution in [0.15, 0.2) is 34.9 Å². The zero-order valence-electron chi connectivity index (χ0n) is 16.7. The first-order valence-electron chi connectivity index (χ1n) is 9.79. The average Bonchev–Trinajstić information content (AvgIpc) is 3.15. The molecule has 0 saturated carbocycles. The number of nitrogens with one attached hydrogen (secondary N) is 1. The minimum Gasteiger partial charge on any atom is -0.406 e. The van der Waals surface area contributed by atoms with Gasteiger partial charge in [0.05, 0.1) is 12.2 Å². The third-order valence-electron chi connectivity index (χ3n) is 4.88. The van der Waals surface area contributed by atoms with E-state index in [0.717, 1.165) is 56.4 Å². The first-order chi connectivity index (χ1) is 13.8. The largest absolute Gasteiger partial charge is 0.573 e. The molecule has 2 aromatic rings. The van der Waals surface area contributed by atoms with Crippen molar-refractivity contribution in [3.8, 4) is 5.75 Å². The van der Waals surface area contributed by atoms with Gasteiger partial charge in [0.15, 0.2) is 5.76 Å². The van der Waals surface area contributed by atoms with Crippen LogP contribution in [-0.4, -0.2) is 55.7 Å². The summed E-state index contributed by atoms with van der Waals surface area (Å²) < 4.78 is 46.0. The Morgan fingerprint density at radius 2 is 1.83 bits per heavy atom. The molecule has 1 aromatic carbocycles. The van der Waals surface area contributed by atoms with Crippen LogP contribution in [0.25, 0.3) is 0 Å². The number of aromatic nitrogens is 1. The van der Waals surface area contributed by atoms with E-state index in [-0.39, 0.29) is 5.75 Å². The van der Waals surface area contributed by atoms with Crippen LogP contribution in [0.5, 0.6) is 5.75 Å². The number of anilines is 1. The van der Waals surface area contributed by atoms with Gasteiger partial charge in [0.25, 0.3) is 0 Å². The molecule has 3 rings (SSSR count). The summed E-state index contributed by atoms with van der Waals surface area (Å²) in [6.45, 7) is 10.1. The number of piperazine rings is 1. The maximum absolute atomic E-state index is 12.2. The Bertz CT molecular complexity index is 754. The van der Waals surface area contributed by atoms with E-state index >= 15 is 0 Å². The molecule has 0 unspecified atom stereocenters. The lowest BCUT2D eigenvalue weighted by Crippen LogP contribution is -2.48. The number of nitrogens with zero attached hydrogens (tertiary/aromatic N) is 3. The van der Waals surface area contributed by atoms with Crippen molar-refractivity contribution in [3.63, 3.8) is 0 Å². The number of ether oxygens (including phenoxy) is 1. The van der Waals surface area contributed by atoms with Crippen LogP contribution in [0.2, 0.25) is 0 Å². The highest BCUT2D eigenvalue weighted by atomic mass is 19.4. The van der Waals surface area contributed by atoms with Crippen molar-refractivity contribution in [2.45, 2.75) is 32.7 Å². The Morgan fingerprint density at radius 3 is 2.41 bits per heavy atom. The third kappa shape index (κ3) is 6.64. The van der Waals surface area contributed by atoms with Gasteiger partial charge in [0.1, 0.15) is 5.75 Å². The van der Waals surface area contributed by atoms with Gasteiger partial charge in [0.2, 0.25) is 0 Å². The fourth-order valence-corrected chi connectivity index (χ4v) is 3.22. The Morgan fingerprint density at radius 1 is 1.14 bits per heavy atom. The Kier molecular flexibility index (Phi) is 7.02. The minimum absolute atomic E-state index is 0.196. The lowest BCUT2D eigenvalue weighted by atomic mass is 10.1. The molecule has 0 spiro atoms. The van der Waals surface area contributed by atoms with E-state index in [1.54, 1.807) is 12.1 Å². The Balaban J connectivity index is 1.35. The zero-order valence-corrected chi connectivity index (χ0v) is 16.7. The van der Waals surface area contributed by atoms with Gasteiger partial charge in [-0.05, 0) is 30.2 Å². The molecule has 0 radical (unpaired) electrons. The topological polar surface area (TPSA) is 53.8 Å². The number of rotatable bonds is 8. The quantitative estimate of drug-likeness (QED) is 0.669. The Labute approximate surface area is 168 Å². The van der Waals surface area contributed by atoms with Crippen molar-refractivity contribution in [2.24, 2.45) is 0 Å². The molecule has 1 aliphatic heterocycles. The maximum Gasteiger partial charge on any atom is 0.573 e. The smallest absolute Gasteiger partial charge is 0.406 e. The fraction of sp³-hybridized carbons (Fsp3) is 0.550. The van der Waals surface area contributed by atoms with Crippen LogP contribution in [0.3, 0.4) is 0 Å². The molecule has 1 aromatic heterocycles. The van der Waals surface area contributed by atoms with Crippen molar-refractivity contribution in [1.29, 1.82) is 0 Å². The molecule has 1 aliphatic rings. The second kappa shape index (κ2) is 9.49. The normalized spacial score (nSPS) is 15.9. The maximum atomic E-state index is 12.2. The molecule has 0 aliphatic carbocycles. The van der Waals surface area contributed by atoms with E-state index in [0.29, 0.717) is 12.5 Å². The molecule has 1 saturated heterocycles. The minimum atomic E-state index is -4.66. The molecule has 0 atom stereocenters. The molecule has 1 fully saturated rings. The van der Waals surface area contributed by atoms with E-state index in [4.69, 9.17) is 4.52 Å². The number of alkyl halides is 3. The zero-order chi connectivity index (χ0) is 20.9. The summed E-state index contributed by atoms with van der Waals surface area (Å²) in [5.41, 5.74) is 1.87. The summed E-state index contributed by atoms with van der Waals surface area (Å²) in [7, 11) is 0. The van der Waals surface area contributed by atoms with Gasteiger partial charge in [-0.15, -0.1) is 13.2 Å². The third-order valence-corrected chi connectivity index (χ3v) is 4.88. The van der Waals surface area contributed by atoms with Gasteiger partial charge in [-0.2, -0.15) is 0 Å². The molecule has 6 nitrogen and oxygen atoms in total. The molecule has 2 heterocycles. The average molecular weight is 412 g/mol. The van der Waals surface area contributed by atoms with Gasteiger partial charge >= 0.3 is 6.36 Å². The fourth-order valence-electron chi connectivity index (χ4n) is 3.22. The van der Waals surface area contributed by atoms with Crippen LogP contribution < -0.4 is 15.0 Å². The molecule has 1 N–H and O–H groups in total. The highest BCUT2D eigenvalue weighted by Crippen LogP contribution is 2.25. The van der Waals surface area contributed by atoms with Crippen molar-refractivity contribution in [2.75, 3.05) is 44.2 Å². The number of hydrogen-bond acceptors (Lipinski definition) is 6. The molecule has 9 heteroatoms. The van der Waals surface area contributed by atoms with Crippen LogP contribution >= 0.6 is 0 Å². The lowest BCUT2D eigenvalue weighted by molar-refractivity contribution is -0.274. The van der Waals surface area contributed by atoms with Gasteiger partial charge in [-0.25, -0.2) is 0 Å². The summed E-state index contributed by atoms with van der Waals surface area (Å²) >= 11 is 0. The predicted molar refractivity (Wildman–Crippen MR) is 104 cm³/mol. The molecule has 160 valence electrons. The van der Waals surface area contributed by atoms with E-state index in [1.165, 1.54) is 12.1 Å². The number of halogens is 3. The summed E-state index contributed by atoms with van der Waals surface area (Å²) in [6, 6.07) is 8.03. The van der Waals surface area contributed by atoms with Crippen molar-refractivity contribution < 1.29 is 22.4 Å². The monoisotopic (exact) mass is 412 g/mol. The van der Waals surface area contributed by atoms with E-state index < -0.39 is 6.36 Å². The predicted octanol–water partition coefficient (Wildman–Crippen LogP) is 3.61. The summed E-state index contributed by atoms with van der Waals surface area (Å²) in [5.74, 6) is 1.01. The van der Waals surface area contributed by atoms with Crippen LogP contribution in [0.4, 0.5) is 18.9 Å². The van der Waals surface area contributed by atoms with E-state index in [1.807, 2.05) is 6.07 Å². The van der Waals surface area contributed by atoms with Crippen LogP contribution in [0.1, 0.15) is 31.2 Å². The van der Waals surface area contributed by atoms with Crippen molar-refractivity contribution in [3.05, 3.63) is 41.8 Å². The first-order valence-corrected chi connectivity index (χ1v) is 9.79. The van der Waals surface area contributed by atoms with Crippen molar-refractivity contribution >= 4 is 5.69 Å². The second-order valence-electron chi connectivity index (χ2n) is 7.42. The standard InChI is InChI=1S/C20H27F3N4O2/c1-15(2)19-13-18(29-25-19)14-24-7-8-26-9-11-27(12-10-26)16-3-5-17(6-4-16)28-20(21,22)23/h3-6,13,15,24H,7-12,14H2,1-2H3. The number of benzene rings is 1. The summed E-state index contributed by atoms with van der Waals surface area (Å²) in [4.78, 5) is 4.54. The molecule has 29 heavy (non-hydrogen) atoms. The highest BCUT2D eigenvalue weighted by molar-refractivity contribution is 5.49. The second-order valence-corrected chi connectivity index (χ2v) is 7.42. The van der Waals surface area contributed by atoms with Crippen LogP contribution in [-0.2, 0) is 6.54 Å². The number of hydrogen-bond donors (Lipinski definition) is 1. The van der Waals surface area contributed by atoms with E-state index in [9.17, 15) is 13.2 Å². The van der Waals surface area contributed by atoms with Crippen molar-refractivity contribution in [1.82, 2.24) is 15.4 Å². The van der Waals surface area contributed by atoms with E-state index in [2.05, 4.69) is 38.9 Å². The molecular formula is C20H27F3N4O2. The van der Waals surface area contributed by atoms with Gasteiger partial charge in [0, 0.05) is 51.0 Å². The first kappa shape index (κ1) is 21.4. The van der Waals surface area contributed by atoms with Gasteiger partial charge in [-0.1, -0.05) is 19.0 Å². The van der Waals surface area contributed by atoms with Crippen LogP contribution in [0, 0.1) is 0 Å². The molecule has 0 amide bonds. The summed E-state index contributed by atoms with van der Waals surface area (Å²) in [6.07, 6.45) is -4.66. The Hall–Kier alpha value is -2.26. The van der Waals surface area contributed by atoms with Gasteiger partial charge < -0.3 is 19.5 Å². The van der Waals surface area contributed by atoms with Gasteiger partial charge in [-0.3, -0.25) is 4.90 Å². The SMILES string of the molecule is CC(C)c1cc(CNCCN2CCN(c3ccc(OC(F)(F)F)cc3)CC2)on1. The summed E-state index contributed by atoms with van der Waals surface area (Å²) in [5, 5.41) is 7.42. The molecule has 0 bridgehead atoms. The molecular weight excluding hydrogens is 385 g/mol.